The first-order valence-electron chi connectivity index (χ1n) is 8.30. The van der Waals surface area contributed by atoms with Crippen LogP contribution in [0.25, 0.3) is 0 Å². The Morgan fingerprint density at radius 3 is 2.71 bits per heavy atom. The molecule has 0 radical (unpaired) electrons. The lowest BCUT2D eigenvalue weighted by Crippen LogP contribution is -2.46. The molecule has 1 heterocycles. The van der Waals surface area contributed by atoms with Crippen LogP contribution in [0.1, 0.15) is 57.1 Å². The zero-order chi connectivity index (χ0) is 14.9. The molecule has 21 heavy (non-hydrogen) atoms. The smallest absolute Gasteiger partial charge is 0.233 e. The van der Waals surface area contributed by atoms with Crippen molar-refractivity contribution in [3.8, 4) is 0 Å². The number of carbonyl (C=O) groups is 1. The van der Waals surface area contributed by atoms with Crippen molar-refractivity contribution < 1.29 is 4.79 Å². The van der Waals surface area contributed by atoms with Gasteiger partial charge in [-0.05, 0) is 44.4 Å². The Labute approximate surface area is 127 Å². The molecule has 1 unspecified atom stereocenters. The first-order chi connectivity index (χ1) is 10.2. The first kappa shape index (κ1) is 14.6. The summed E-state index contributed by atoms with van der Waals surface area (Å²) in [6, 6.07) is 8.75. The summed E-state index contributed by atoms with van der Waals surface area (Å²) in [4.78, 5) is 15.3. The maximum Gasteiger partial charge on any atom is 0.233 e. The van der Waals surface area contributed by atoms with Gasteiger partial charge >= 0.3 is 0 Å². The molecule has 1 amide bonds. The predicted octanol–water partition coefficient (Wildman–Crippen LogP) is 3.65. The van der Waals surface area contributed by atoms with E-state index in [1.54, 1.807) is 0 Å². The molecular formula is C18H26N2O. The van der Waals surface area contributed by atoms with E-state index in [4.69, 9.17) is 0 Å². The summed E-state index contributed by atoms with van der Waals surface area (Å²) in [6.45, 7) is 3.01. The van der Waals surface area contributed by atoms with Crippen LogP contribution in [0.4, 0.5) is 5.69 Å². The van der Waals surface area contributed by atoms with E-state index in [9.17, 15) is 4.79 Å². The topological polar surface area (TPSA) is 32.3 Å². The molecule has 2 aliphatic rings. The summed E-state index contributed by atoms with van der Waals surface area (Å²) in [7, 11) is 2.00. The molecule has 1 aromatic carbocycles. The fourth-order valence-electron chi connectivity index (χ4n) is 4.13. The SMILES string of the molecule is CCC1(C(=O)N2CCC(NC)c3ccccc32)CCCC1. The van der Waals surface area contributed by atoms with Crippen molar-refractivity contribution in [3.05, 3.63) is 29.8 Å². The van der Waals surface area contributed by atoms with Crippen molar-refractivity contribution in [1.82, 2.24) is 5.32 Å². The number of hydrogen-bond donors (Lipinski definition) is 1. The number of nitrogens with zero attached hydrogens (tertiary/aromatic N) is 1. The lowest BCUT2D eigenvalue weighted by Gasteiger charge is -2.39. The Morgan fingerprint density at radius 2 is 2.05 bits per heavy atom. The number of benzene rings is 1. The number of amides is 1. The van der Waals surface area contributed by atoms with Gasteiger partial charge in [-0.2, -0.15) is 0 Å². The number of nitrogens with one attached hydrogen (secondary N) is 1. The number of fused-ring (bicyclic) bond motifs is 1. The van der Waals surface area contributed by atoms with Gasteiger partial charge in [0.15, 0.2) is 0 Å². The summed E-state index contributed by atoms with van der Waals surface area (Å²) in [6.07, 6.45) is 6.51. The fraction of sp³-hybridized carbons (Fsp3) is 0.611. The van der Waals surface area contributed by atoms with E-state index in [-0.39, 0.29) is 5.41 Å². The fourth-order valence-corrected chi connectivity index (χ4v) is 4.13. The molecule has 1 N–H and O–H groups in total. The number of para-hydroxylation sites is 1. The Bertz CT molecular complexity index is 520. The standard InChI is InChI=1S/C18H26N2O/c1-3-18(11-6-7-12-18)17(21)20-13-10-15(19-2)14-8-4-5-9-16(14)20/h4-5,8-9,15,19H,3,6-7,10-13H2,1-2H3. The Kier molecular flexibility index (Phi) is 4.03. The third-order valence-corrected chi connectivity index (χ3v) is 5.53. The quantitative estimate of drug-likeness (QED) is 0.920. The molecular weight excluding hydrogens is 260 g/mol. The zero-order valence-corrected chi connectivity index (χ0v) is 13.2. The van der Waals surface area contributed by atoms with Crippen LogP contribution in [-0.2, 0) is 4.79 Å². The molecule has 0 bridgehead atoms. The van der Waals surface area contributed by atoms with E-state index in [1.807, 2.05) is 13.1 Å². The Balaban J connectivity index is 1.94. The molecule has 0 saturated heterocycles. The van der Waals surface area contributed by atoms with Crippen LogP contribution in [0.2, 0.25) is 0 Å². The molecule has 1 fully saturated rings. The van der Waals surface area contributed by atoms with E-state index >= 15 is 0 Å². The normalized spacial score (nSPS) is 23.9. The first-order valence-corrected chi connectivity index (χ1v) is 8.30. The second kappa shape index (κ2) is 5.80. The largest absolute Gasteiger partial charge is 0.313 e. The van der Waals surface area contributed by atoms with Crippen molar-refractivity contribution in [1.29, 1.82) is 0 Å². The zero-order valence-electron chi connectivity index (χ0n) is 13.2. The maximum atomic E-state index is 13.2. The van der Waals surface area contributed by atoms with E-state index in [0.29, 0.717) is 11.9 Å². The third-order valence-electron chi connectivity index (χ3n) is 5.53. The third kappa shape index (κ3) is 2.38. The highest BCUT2D eigenvalue weighted by molar-refractivity contribution is 5.98. The van der Waals surface area contributed by atoms with Crippen LogP contribution < -0.4 is 10.2 Å². The second-order valence-electron chi connectivity index (χ2n) is 6.49. The molecule has 1 saturated carbocycles. The van der Waals surface area contributed by atoms with Gasteiger partial charge in [0.25, 0.3) is 0 Å². The molecule has 3 heteroatoms. The van der Waals surface area contributed by atoms with E-state index in [1.165, 1.54) is 18.4 Å². The van der Waals surface area contributed by atoms with Crippen LogP contribution in [0.15, 0.2) is 24.3 Å². The molecule has 0 aromatic heterocycles. The van der Waals surface area contributed by atoms with Gasteiger partial charge in [-0.3, -0.25) is 4.79 Å². The average molecular weight is 286 g/mol. The molecule has 1 aliphatic carbocycles. The van der Waals surface area contributed by atoms with Crippen molar-refractivity contribution in [2.75, 3.05) is 18.5 Å². The van der Waals surface area contributed by atoms with Crippen LogP contribution in [-0.4, -0.2) is 19.5 Å². The number of carbonyl (C=O) groups excluding carboxylic acids is 1. The van der Waals surface area contributed by atoms with Gasteiger partial charge in [-0.25, -0.2) is 0 Å². The van der Waals surface area contributed by atoms with Gasteiger partial charge in [0, 0.05) is 23.7 Å². The second-order valence-corrected chi connectivity index (χ2v) is 6.49. The number of rotatable bonds is 3. The highest BCUT2D eigenvalue weighted by Gasteiger charge is 2.43. The van der Waals surface area contributed by atoms with Gasteiger partial charge in [0.05, 0.1) is 0 Å². The summed E-state index contributed by atoms with van der Waals surface area (Å²) >= 11 is 0. The molecule has 3 nitrogen and oxygen atoms in total. The van der Waals surface area contributed by atoms with Gasteiger partial charge in [-0.1, -0.05) is 38.0 Å². The van der Waals surface area contributed by atoms with Crippen LogP contribution in [0, 0.1) is 5.41 Å². The monoisotopic (exact) mass is 286 g/mol. The minimum atomic E-state index is -0.0976. The summed E-state index contributed by atoms with van der Waals surface area (Å²) < 4.78 is 0. The van der Waals surface area contributed by atoms with Crippen LogP contribution >= 0.6 is 0 Å². The average Bonchev–Trinajstić information content (AvgIpc) is 3.03. The predicted molar refractivity (Wildman–Crippen MR) is 86.4 cm³/mol. The lowest BCUT2D eigenvalue weighted by molar-refractivity contribution is -0.128. The maximum absolute atomic E-state index is 13.2. The summed E-state index contributed by atoms with van der Waals surface area (Å²) in [5, 5.41) is 3.37. The highest BCUT2D eigenvalue weighted by Crippen LogP contribution is 2.45. The minimum Gasteiger partial charge on any atom is -0.313 e. The molecule has 3 rings (SSSR count). The van der Waals surface area contributed by atoms with Crippen molar-refractivity contribution in [2.45, 2.75) is 51.5 Å². The van der Waals surface area contributed by atoms with Gasteiger partial charge in [0.1, 0.15) is 0 Å². The number of anilines is 1. The minimum absolute atomic E-state index is 0.0976. The van der Waals surface area contributed by atoms with Gasteiger partial charge < -0.3 is 10.2 Å². The molecule has 1 aromatic rings. The van der Waals surface area contributed by atoms with Gasteiger partial charge in [0.2, 0.25) is 5.91 Å². The molecule has 0 spiro atoms. The van der Waals surface area contributed by atoms with E-state index in [2.05, 4.69) is 35.3 Å². The number of hydrogen-bond acceptors (Lipinski definition) is 2. The Hall–Kier alpha value is -1.35. The highest BCUT2D eigenvalue weighted by atomic mass is 16.2. The van der Waals surface area contributed by atoms with Crippen molar-refractivity contribution in [2.24, 2.45) is 5.41 Å². The van der Waals surface area contributed by atoms with Crippen molar-refractivity contribution >= 4 is 11.6 Å². The Morgan fingerprint density at radius 1 is 1.33 bits per heavy atom. The van der Waals surface area contributed by atoms with E-state index in [0.717, 1.165) is 37.9 Å². The molecule has 1 atom stereocenters. The van der Waals surface area contributed by atoms with Crippen LogP contribution in [0.5, 0.6) is 0 Å². The lowest BCUT2D eigenvalue weighted by atomic mass is 9.81. The van der Waals surface area contributed by atoms with Crippen molar-refractivity contribution in [3.63, 3.8) is 0 Å². The molecule has 114 valence electrons. The summed E-state index contributed by atoms with van der Waals surface area (Å²) in [5.41, 5.74) is 2.29. The molecule has 1 aliphatic heterocycles. The summed E-state index contributed by atoms with van der Waals surface area (Å²) in [5.74, 6) is 0.365. The van der Waals surface area contributed by atoms with Gasteiger partial charge in [-0.15, -0.1) is 0 Å². The van der Waals surface area contributed by atoms with E-state index < -0.39 is 0 Å². The van der Waals surface area contributed by atoms with Crippen LogP contribution in [0.3, 0.4) is 0 Å².